The maximum atomic E-state index is 13.4. The number of rotatable bonds is 5. The third-order valence-corrected chi connectivity index (χ3v) is 7.75. The molecule has 7 nitrogen and oxygen atoms in total. The van der Waals surface area contributed by atoms with Crippen LogP contribution in [0.4, 0.5) is 5.95 Å². The van der Waals surface area contributed by atoms with Crippen molar-refractivity contribution in [1.29, 1.82) is 0 Å². The Hall–Kier alpha value is -3.13. The Bertz CT molecular complexity index is 1220. The lowest BCUT2D eigenvalue weighted by Gasteiger charge is -2.22. The number of imidazole rings is 1. The Morgan fingerprint density at radius 3 is 2.40 bits per heavy atom. The van der Waals surface area contributed by atoms with Crippen LogP contribution in [0.3, 0.4) is 0 Å². The van der Waals surface area contributed by atoms with Gasteiger partial charge in [-0.1, -0.05) is 55.7 Å². The summed E-state index contributed by atoms with van der Waals surface area (Å²) in [5.74, 6) is -0.635. The topological polar surface area (TPSA) is 121 Å². The number of benzene rings is 2. The summed E-state index contributed by atoms with van der Waals surface area (Å²) in [5, 5.41) is -0.468. The monoisotopic (exact) mass is 424 g/mol. The van der Waals surface area contributed by atoms with E-state index in [1.807, 2.05) is 30.3 Å². The van der Waals surface area contributed by atoms with E-state index in [0.29, 0.717) is 35.0 Å². The van der Waals surface area contributed by atoms with Gasteiger partial charge in [0.25, 0.3) is 0 Å². The average molecular weight is 425 g/mol. The van der Waals surface area contributed by atoms with E-state index in [-0.39, 0.29) is 5.95 Å². The molecule has 1 aliphatic carbocycles. The van der Waals surface area contributed by atoms with Crippen LogP contribution in [0.25, 0.3) is 16.6 Å². The smallest absolute Gasteiger partial charge is 0.244 e. The van der Waals surface area contributed by atoms with E-state index in [9.17, 15) is 13.2 Å². The van der Waals surface area contributed by atoms with Gasteiger partial charge in [0.2, 0.25) is 21.9 Å². The van der Waals surface area contributed by atoms with Crippen molar-refractivity contribution in [2.24, 2.45) is 5.73 Å². The van der Waals surface area contributed by atoms with E-state index >= 15 is 0 Å². The van der Waals surface area contributed by atoms with Gasteiger partial charge in [-0.05, 0) is 41.7 Å². The van der Waals surface area contributed by atoms with Crippen molar-refractivity contribution >= 4 is 38.5 Å². The molecule has 1 fully saturated rings. The fourth-order valence-corrected chi connectivity index (χ4v) is 6.06. The van der Waals surface area contributed by atoms with Gasteiger partial charge in [0, 0.05) is 6.08 Å². The van der Waals surface area contributed by atoms with Crippen molar-refractivity contribution in [2.45, 2.75) is 37.4 Å². The molecule has 0 saturated heterocycles. The molecule has 4 N–H and O–H groups in total. The Morgan fingerprint density at radius 1 is 1.03 bits per heavy atom. The zero-order chi connectivity index (χ0) is 21.3. The summed E-state index contributed by atoms with van der Waals surface area (Å²) in [6, 6.07) is 14.5. The maximum Gasteiger partial charge on any atom is 0.244 e. The highest BCUT2D eigenvalue weighted by molar-refractivity contribution is 7.90. The second kappa shape index (κ2) is 7.95. The van der Waals surface area contributed by atoms with Gasteiger partial charge in [-0.25, -0.2) is 17.4 Å². The van der Waals surface area contributed by atoms with Crippen LogP contribution in [-0.4, -0.2) is 28.5 Å². The molecule has 0 aliphatic heterocycles. The van der Waals surface area contributed by atoms with Crippen LogP contribution >= 0.6 is 0 Å². The van der Waals surface area contributed by atoms with Gasteiger partial charge in [0.15, 0.2) is 0 Å². The molecule has 2 aromatic carbocycles. The van der Waals surface area contributed by atoms with E-state index in [1.54, 1.807) is 18.2 Å². The van der Waals surface area contributed by atoms with Crippen LogP contribution in [0.2, 0.25) is 0 Å². The van der Waals surface area contributed by atoms with Gasteiger partial charge >= 0.3 is 0 Å². The van der Waals surface area contributed by atoms with Crippen LogP contribution in [0.5, 0.6) is 0 Å². The minimum absolute atomic E-state index is 0.0483. The van der Waals surface area contributed by atoms with Crippen molar-refractivity contribution < 1.29 is 13.2 Å². The van der Waals surface area contributed by atoms with Gasteiger partial charge in [0.1, 0.15) is 0 Å². The first-order chi connectivity index (χ1) is 14.4. The molecule has 30 heavy (non-hydrogen) atoms. The van der Waals surface area contributed by atoms with E-state index in [1.165, 1.54) is 6.08 Å². The van der Waals surface area contributed by atoms with Crippen LogP contribution in [0, 0.1) is 0 Å². The molecule has 1 aromatic heterocycles. The average Bonchev–Trinajstić information content (AvgIpc) is 3.08. The molecule has 1 aliphatic rings. The summed E-state index contributed by atoms with van der Waals surface area (Å²) in [6.45, 7) is 0. The number of carbonyl (C=O) groups excluding carboxylic acids is 1. The number of anilines is 1. The minimum Gasteiger partial charge on any atom is -0.368 e. The van der Waals surface area contributed by atoms with E-state index in [0.717, 1.165) is 28.8 Å². The largest absolute Gasteiger partial charge is 0.368 e. The number of nitrogens with zero attached hydrogens (tertiary/aromatic N) is 2. The van der Waals surface area contributed by atoms with Gasteiger partial charge in [-0.15, -0.1) is 0 Å². The van der Waals surface area contributed by atoms with Crippen molar-refractivity contribution in [3.63, 3.8) is 0 Å². The number of primary amides is 1. The highest BCUT2D eigenvalue weighted by atomic mass is 32.2. The lowest BCUT2D eigenvalue weighted by atomic mass is 9.97. The van der Waals surface area contributed by atoms with E-state index < -0.39 is 21.2 Å². The summed E-state index contributed by atoms with van der Waals surface area (Å²) in [7, 11) is -3.69. The van der Waals surface area contributed by atoms with E-state index in [2.05, 4.69) is 4.98 Å². The van der Waals surface area contributed by atoms with Crippen LogP contribution in [0.1, 0.15) is 43.2 Å². The van der Waals surface area contributed by atoms with E-state index in [4.69, 9.17) is 11.5 Å². The lowest BCUT2D eigenvalue weighted by molar-refractivity contribution is -0.113. The second-order valence-corrected chi connectivity index (χ2v) is 9.63. The fraction of sp³-hybridized carbons (Fsp3) is 0.273. The number of hydrogen-bond acceptors (Lipinski definition) is 5. The molecule has 0 radical (unpaired) electrons. The Balaban J connectivity index is 1.88. The summed E-state index contributed by atoms with van der Waals surface area (Å²) < 4.78 is 27.9. The van der Waals surface area contributed by atoms with Gasteiger partial charge in [0.05, 0.1) is 16.3 Å². The summed E-state index contributed by atoms with van der Waals surface area (Å²) in [4.78, 5) is 15.9. The molecule has 1 amide bonds. The maximum absolute atomic E-state index is 13.4. The molecule has 0 unspecified atom stereocenters. The molecule has 0 spiro atoms. The van der Waals surface area contributed by atoms with Crippen molar-refractivity contribution in [1.82, 2.24) is 8.96 Å². The Morgan fingerprint density at radius 2 is 1.73 bits per heavy atom. The number of hydrogen-bond donors (Lipinski definition) is 2. The number of fused-ring (bicyclic) bond motifs is 1. The molecule has 1 heterocycles. The molecular formula is C22H24N4O3S. The quantitative estimate of drug-likeness (QED) is 0.610. The summed E-state index contributed by atoms with van der Waals surface area (Å²) in [6.07, 6.45) is 5.42. The fourth-order valence-electron chi connectivity index (χ4n) is 4.11. The Kier molecular flexibility index (Phi) is 5.34. The molecule has 0 bridgehead atoms. The number of nitrogen functional groups attached to an aromatic ring is 1. The van der Waals surface area contributed by atoms with Crippen LogP contribution in [0.15, 0.2) is 54.6 Å². The van der Waals surface area contributed by atoms with Crippen LogP contribution in [-0.2, 0) is 14.8 Å². The molecule has 156 valence electrons. The highest BCUT2D eigenvalue weighted by Gasteiger charge is 2.32. The zero-order valence-corrected chi connectivity index (χ0v) is 17.3. The first-order valence-electron chi connectivity index (χ1n) is 9.97. The van der Waals surface area contributed by atoms with Crippen molar-refractivity contribution in [2.75, 3.05) is 5.73 Å². The Labute approximate surface area is 175 Å². The van der Waals surface area contributed by atoms with Crippen molar-refractivity contribution in [3.05, 3.63) is 65.7 Å². The molecular weight excluding hydrogens is 400 g/mol. The SMILES string of the molecule is NC(=O)/C=C(\c1ccccc1)c1ccc2nc(N)n(S(=O)(=O)C3CCCCC3)c2c1. The third kappa shape index (κ3) is 3.70. The lowest BCUT2D eigenvalue weighted by Crippen LogP contribution is -2.30. The number of amides is 1. The first kappa shape index (κ1) is 20.2. The standard InChI is InChI=1S/C22H24N4O3S/c23-21(27)14-18(15-7-3-1-4-8-15)16-11-12-19-20(13-16)26(22(24)25-19)30(28,29)17-9-5-2-6-10-17/h1,3-4,7-8,11-14,17H,2,5-6,9-10H2,(H2,23,27)(H2,24,25)/b18-14+. The summed E-state index contributed by atoms with van der Waals surface area (Å²) in [5.41, 5.74) is 14.4. The third-order valence-electron chi connectivity index (χ3n) is 5.55. The van der Waals surface area contributed by atoms with Gasteiger partial charge in [-0.3, -0.25) is 4.79 Å². The predicted octanol–water partition coefficient (Wildman–Crippen LogP) is 3.05. The highest BCUT2D eigenvalue weighted by Crippen LogP contribution is 2.32. The molecule has 4 rings (SSSR count). The molecule has 1 saturated carbocycles. The number of aromatic nitrogens is 2. The van der Waals surface area contributed by atoms with Crippen molar-refractivity contribution in [3.8, 4) is 0 Å². The van der Waals surface area contributed by atoms with Gasteiger partial charge < -0.3 is 11.5 Å². The zero-order valence-electron chi connectivity index (χ0n) is 16.5. The predicted molar refractivity (Wildman–Crippen MR) is 118 cm³/mol. The summed E-state index contributed by atoms with van der Waals surface area (Å²) >= 11 is 0. The van der Waals surface area contributed by atoms with Crippen LogP contribution < -0.4 is 11.5 Å². The second-order valence-electron chi connectivity index (χ2n) is 7.57. The number of carbonyl (C=O) groups is 1. The minimum atomic E-state index is -3.69. The van der Waals surface area contributed by atoms with Gasteiger partial charge in [-0.2, -0.15) is 0 Å². The number of nitrogens with two attached hydrogens (primary N) is 2. The normalized spacial score (nSPS) is 16.1. The molecule has 0 atom stereocenters. The molecule has 8 heteroatoms. The molecule has 3 aromatic rings. The first-order valence-corrected chi connectivity index (χ1v) is 11.5.